The van der Waals surface area contributed by atoms with Crippen molar-refractivity contribution in [3.8, 4) is 0 Å². The minimum absolute atomic E-state index is 0.0707. The van der Waals surface area contributed by atoms with Crippen LogP contribution in [0.4, 0.5) is 5.69 Å². The van der Waals surface area contributed by atoms with Gasteiger partial charge >= 0.3 is 0 Å². The maximum atomic E-state index is 12.3. The molecule has 0 saturated heterocycles. The second-order valence-corrected chi connectivity index (χ2v) is 8.05. The third-order valence-electron chi connectivity index (χ3n) is 4.63. The zero-order chi connectivity index (χ0) is 18.4. The molecule has 0 aromatic heterocycles. The van der Waals surface area contributed by atoms with E-state index in [4.69, 9.17) is 11.6 Å². The Bertz CT molecular complexity index is 753. The second-order valence-electron chi connectivity index (χ2n) is 6.57. The van der Waals surface area contributed by atoms with Crippen LogP contribution in [-0.2, 0) is 4.79 Å². The highest BCUT2D eigenvalue weighted by Crippen LogP contribution is 2.26. The monoisotopic (exact) mass is 387 g/mol. The molecule has 2 aromatic carbocycles. The van der Waals surface area contributed by atoms with Crippen LogP contribution in [0.3, 0.4) is 0 Å². The van der Waals surface area contributed by atoms with Crippen LogP contribution in [-0.4, -0.2) is 17.4 Å². The molecule has 1 fully saturated rings. The Labute approximate surface area is 163 Å². The van der Waals surface area contributed by atoms with Crippen molar-refractivity contribution in [3.05, 3.63) is 59.1 Å². The lowest BCUT2D eigenvalue weighted by Gasteiger charge is -2.20. The number of benzene rings is 2. The number of carbonyl (C=O) groups is 2. The first-order valence-corrected chi connectivity index (χ1v) is 10.3. The molecule has 0 heterocycles. The Balaban J connectivity index is 1.50. The summed E-state index contributed by atoms with van der Waals surface area (Å²) in [5.41, 5.74) is 1.48. The zero-order valence-corrected chi connectivity index (χ0v) is 16.1. The molecular weight excluding hydrogens is 366 g/mol. The van der Waals surface area contributed by atoms with Gasteiger partial charge in [0.25, 0.3) is 0 Å². The lowest BCUT2D eigenvalue weighted by atomic mass is 9.88. The Morgan fingerprint density at radius 2 is 1.62 bits per heavy atom. The van der Waals surface area contributed by atoms with Gasteiger partial charge in [0, 0.05) is 27.1 Å². The molecule has 3 nitrogen and oxygen atoms in total. The minimum atomic E-state index is 0.0707. The summed E-state index contributed by atoms with van der Waals surface area (Å²) in [6.07, 6.45) is 5.52. The van der Waals surface area contributed by atoms with E-state index >= 15 is 0 Å². The van der Waals surface area contributed by atoms with Crippen LogP contribution in [0.5, 0.6) is 0 Å². The number of thioether (sulfide) groups is 1. The summed E-state index contributed by atoms with van der Waals surface area (Å²) < 4.78 is 0. The van der Waals surface area contributed by atoms with Crippen LogP contribution in [0.1, 0.15) is 42.5 Å². The zero-order valence-electron chi connectivity index (χ0n) is 14.5. The molecule has 3 rings (SSSR count). The topological polar surface area (TPSA) is 46.2 Å². The smallest absolute Gasteiger partial charge is 0.227 e. The predicted octanol–water partition coefficient (Wildman–Crippen LogP) is 5.83. The van der Waals surface area contributed by atoms with Gasteiger partial charge < -0.3 is 5.32 Å². The summed E-state index contributed by atoms with van der Waals surface area (Å²) in [4.78, 5) is 25.5. The second kappa shape index (κ2) is 9.24. The molecule has 0 bridgehead atoms. The molecule has 26 heavy (non-hydrogen) atoms. The van der Waals surface area contributed by atoms with Gasteiger partial charge in [0.2, 0.25) is 5.91 Å². The van der Waals surface area contributed by atoms with Gasteiger partial charge in [0.1, 0.15) is 0 Å². The molecule has 2 aromatic rings. The summed E-state index contributed by atoms with van der Waals surface area (Å²) in [6.45, 7) is 0. The molecule has 5 heteroatoms. The average Bonchev–Trinajstić information content (AvgIpc) is 2.68. The summed E-state index contributed by atoms with van der Waals surface area (Å²) in [6, 6.07) is 14.6. The molecule has 0 radical (unpaired) electrons. The van der Waals surface area contributed by atoms with Crippen molar-refractivity contribution in [1.82, 2.24) is 0 Å². The van der Waals surface area contributed by atoms with Crippen LogP contribution in [0, 0.1) is 5.92 Å². The summed E-state index contributed by atoms with van der Waals surface area (Å²) in [7, 11) is 0. The molecule has 0 atom stereocenters. The number of ketones is 1. The van der Waals surface area contributed by atoms with Gasteiger partial charge in [-0.3, -0.25) is 9.59 Å². The van der Waals surface area contributed by atoms with Crippen molar-refractivity contribution < 1.29 is 9.59 Å². The number of hydrogen-bond donors (Lipinski definition) is 1. The molecule has 1 aliphatic rings. The summed E-state index contributed by atoms with van der Waals surface area (Å²) in [5.74, 6) is 0.717. The number of Topliss-reactive ketones (excluding diaryl/α,β-unsaturated/α-hetero) is 1. The Morgan fingerprint density at radius 3 is 2.27 bits per heavy atom. The fourth-order valence-corrected chi connectivity index (χ4v) is 4.03. The largest absolute Gasteiger partial charge is 0.326 e. The Morgan fingerprint density at radius 1 is 0.962 bits per heavy atom. The molecule has 0 spiro atoms. The highest BCUT2D eigenvalue weighted by Gasteiger charge is 2.20. The normalized spacial score (nSPS) is 14.8. The molecule has 1 amide bonds. The maximum Gasteiger partial charge on any atom is 0.227 e. The lowest BCUT2D eigenvalue weighted by Crippen LogP contribution is -2.24. The van der Waals surface area contributed by atoms with Crippen molar-refractivity contribution >= 4 is 40.7 Å². The number of halogens is 1. The first-order valence-electron chi connectivity index (χ1n) is 8.94. The van der Waals surface area contributed by atoms with Crippen molar-refractivity contribution in [2.45, 2.75) is 37.0 Å². The Hall–Kier alpha value is -1.78. The van der Waals surface area contributed by atoms with E-state index in [1.165, 1.54) is 18.2 Å². The van der Waals surface area contributed by atoms with Gasteiger partial charge in [-0.2, -0.15) is 0 Å². The van der Waals surface area contributed by atoms with Crippen molar-refractivity contribution in [3.63, 3.8) is 0 Å². The molecule has 0 unspecified atom stereocenters. The van der Waals surface area contributed by atoms with Gasteiger partial charge in [-0.25, -0.2) is 0 Å². The minimum Gasteiger partial charge on any atom is -0.326 e. The van der Waals surface area contributed by atoms with E-state index < -0.39 is 0 Å². The van der Waals surface area contributed by atoms with E-state index in [0.717, 1.165) is 36.3 Å². The molecule has 1 aliphatic carbocycles. The fourth-order valence-electron chi connectivity index (χ4n) is 3.11. The highest BCUT2D eigenvalue weighted by molar-refractivity contribution is 8.00. The number of carbonyl (C=O) groups excluding carboxylic acids is 2. The summed E-state index contributed by atoms with van der Waals surface area (Å²) in [5, 5.41) is 3.63. The molecule has 1 N–H and O–H groups in total. The van der Waals surface area contributed by atoms with Crippen LogP contribution in [0.25, 0.3) is 0 Å². The first-order chi connectivity index (χ1) is 12.6. The van der Waals surface area contributed by atoms with E-state index in [9.17, 15) is 9.59 Å². The predicted molar refractivity (Wildman–Crippen MR) is 108 cm³/mol. The number of rotatable bonds is 6. The van der Waals surface area contributed by atoms with E-state index in [1.807, 2.05) is 24.3 Å². The quantitative estimate of drug-likeness (QED) is 0.500. The van der Waals surface area contributed by atoms with Gasteiger partial charge in [-0.1, -0.05) is 30.9 Å². The average molecular weight is 388 g/mol. The SMILES string of the molecule is O=C(CSc1ccc(NC(=O)C2CCCCC2)cc1)c1ccc(Cl)cc1. The summed E-state index contributed by atoms with van der Waals surface area (Å²) >= 11 is 7.33. The fraction of sp³-hybridized carbons (Fsp3) is 0.333. The number of nitrogens with one attached hydrogen (secondary N) is 1. The van der Waals surface area contributed by atoms with Gasteiger partial charge in [-0.05, 0) is 61.4 Å². The third kappa shape index (κ3) is 5.36. The molecule has 1 saturated carbocycles. The van der Waals surface area contributed by atoms with Crippen molar-refractivity contribution in [2.75, 3.05) is 11.1 Å². The first kappa shape index (κ1) is 19.0. The van der Waals surface area contributed by atoms with Crippen LogP contribution < -0.4 is 5.32 Å². The van der Waals surface area contributed by atoms with Crippen LogP contribution in [0.15, 0.2) is 53.4 Å². The van der Waals surface area contributed by atoms with E-state index in [2.05, 4.69) is 5.32 Å². The van der Waals surface area contributed by atoms with Crippen LogP contribution >= 0.6 is 23.4 Å². The van der Waals surface area contributed by atoms with Gasteiger partial charge in [0.05, 0.1) is 5.75 Å². The lowest BCUT2D eigenvalue weighted by molar-refractivity contribution is -0.120. The molecule has 136 valence electrons. The highest BCUT2D eigenvalue weighted by atomic mass is 35.5. The maximum absolute atomic E-state index is 12.3. The number of amides is 1. The molecular formula is C21H22ClNO2S. The van der Waals surface area contributed by atoms with Gasteiger partial charge in [0.15, 0.2) is 5.78 Å². The Kier molecular flexibility index (Phi) is 6.75. The van der Waals surface area contributed by atoms with Crippen molar-refractivity contribution in [2.24, 2.45) is 5.92 Å². The number of hydrogen-bond acceptors (Lipinski definition) is 3. The third-order valence-corrected chi connectivity index (χ3v) is 5.90. The number of anilines is 1. The van der Waals surface area contributed by atoms with Crippen LogP contribution in [0.2, 0.25) is 5.02 Å². The standard InChI is InChI=1S/C21H22ClNO2S/c22-17-8-6-15(7-9-17)20(24)14-26-19-12-10-18(11-13-19)23-21(25)16-4-2-1-3-5-16/h6-13,16H,1-5,14H2,(H,23,25). The van der Waals surface area contributed by atoms with Gasteiger partial charge in [-0.15, -0.1) is 11.8 Å². The van der Waals surface area contributed by atoms with E-state index in [0.29, 0.717) is 16.3 Å². The van der Waals surface area contributed by atoms with Crippen molar-refractivity contribution in [1.29, 1.82) is 0 Å². The molecule has 0 aliphatic heterocycles. The van der Waals surface area contributed by atoms with E-state index in [1.54, 1.807) is 24.3 Å². The van der Waals surface area contributed by atoms with E-state index in [-0.39, 0.29) is 17.6 Å².